The summed E-state index contributed by atoms with van der Waals surface area (Å²) < 4.78 is 5.05. The van der Waals surface area contributed by atoms with E-state index in [-0.39, 0.29) is 12.3 Å². The van der Waals surface area contributed by atoms with Crippen LogP contribution in [0, 0.1) is 5.41 Å². The molecule has 0 heterocycles. The van der Waals surface area contributed by atoms with Gasteiger partial charge in [0.25, 0.3) is 0 Å². The summed E-state index contributed by atoms with van der Waals surface area (Å²) in [5.74, 6) is -0.804. The van der Waals surface area contributed by atoms with Crippen LogP contribution in [0.15, 0.2) is 0 Å². The Kier molecular flexibility index (Phi) is 5.02. The van der Waals surface area contributed by atoms with Crippen LogP contribution in [0.1, 0.15) is 51.4 Å². The molecule has 0 aromatic carbocycles. The lowest BCUT2D eigenvalue weighted by Crippen LogP contribution is -2.43. The fourth-order valence-electron chi connectivity index (χ4n) is 3.17. The number of amides is 1. The molecule has 1 N–H and O–H groups in total. The highest BCUT2D eigenvalue weighted by Gasteiger charge is 2.44. The van der Waals surface area contributed by atoms with Crippen molar-refractivity contribution in [3.63, 3.8) is 0 Å². The number of carboxylic acids is 1. The van der Waals surface area contributed by atoms with Gasteiger partial charge in [0.1, 0.15) is 0 Å². The molecule has 0 unspecified atom stereocenters. The second-order valence-corrected chi connectivity index (χ2v) is 6.13. The number of hydrogen-bond donors (Lipinski definition) is 1. The Bertz CT molecular complexity index is 359. The first kappa shape index (κ1) is 15.3. The molecule has 0 aromatic heterocycles. The molecule has 2 aliphatic carbocycles. The van der Waals surface area contributed by atoms with Crippen molar-refractivity contribution >= 4 is 11.9 Å². The highest BCUT2D eigenvalue weighted by Crippen LogP contribution is 2.41. The molecule has 0 spiro atoms. The number of hydrogen-bond acceptors (Lipinski definition) is 3. The van der Waals surface area contributed by atoms with Crippen molar-refractivity contribution in [3.05, 3.63) is 0 Å². The van der Waals surface area contributed by atoms with Crippen molar-refractivity contribution in [1.82, 2.24) is 4.90 Å². The molecule has 114 valence electrons. The van der Waals surface area contributed by atoms with Gasteiger partial charge in [-0.25, -0.2) is 0 Å². The van der Waals surface area contributed by atoms with Crippen molar-refractivity contribution in [2.45, 2.75) is 57.4 Å². The molecule has 2 aliphatic rings. The Balaban J connectivity index is 2.00. The molecule has 2 fully saturated rings. The molecule has 0 aliphatic heterocycles. The lowest BCUT2D eigenvalue weighted by molar-refractivity contribution is -0.156. The summed E-state index contributed by atoms with van der Waals surface area (Å²) in [4.78, 5) is 26.0. The van der Waals surface area contributed by atoms with Crippen LogP contribution in [-0.2, 0) is 14.3 Å². The molecule has 0 aromatic rings. The summed E-state index contributed by atoms with van der Waals surface area (Å²) in [5, 5.41) is 9.55. The summed E-state index contributed by atoms with van der Waals surface area (Å²) in [6.45, 7) is 1.10. The van der Waals surface area contributed by atoms with Crippen LogP contribution >= 0.6 is 0 Å². The average Bonchev–Trinajstić information content (AvgIpc) is 3.24. The Morgan fingerprint density at radius 2 is 1.90 bits per heavy atom. The van der Waals surface area contributed by atoms with Crippen molar-refractivity contribution in [3.8, 4) is 0 Å². The number of rotatable bonds is 7. The summed E-state index contributed by atoms with van der Waals surface area (Å²) in [5.41, 5.74) is -0.824. The van der Waals surface area contributed by atoms with E-state index in [1.54, 1.807) is 7.11 Å². The van der Waals surface area contributed by atoms with Gasteiger partial charge in [-0.3, -0.25) is 9.59 Å². The molecule has 0 saturated heterocycles. The minimum atomic E-state index is -0.824. The van der Waals surface area contributed by atoms with Crippen LogP contribution < -0.4 is 0 Å². The zero-order chi connectivity index (χ0) is 14.6. The van der Waals surface area contributed by atoms with Gasteiger partial charge >= 0.3 is 5.97 Å². The van der Waals surface area contributed by atoms with Crippen molar-refractivity contribution < 1.29 is 19.4 Å². The molecule has 5 heteroatoms. The first-order valence-corrected chi connectivity index (χ1v) is 7.61. The van der Waals surface area contributed by atoms with Crippen LogP contribution in [-0.4, -0.2) is 48.2 Å². The minimum absolute atomic E-state index is 0.00569. The maximum Gasteiger partial charge on any atom is 0.310 e. The molecule has 20 heavy (non-hydrogen) atoms. The van der Waals surface area contributed by atoms with Gasteiger partial charge in [0.05, 0.1) is 12.0 Å². The summed E-state index contributed by atoms with van der Waals surface area (Å²) >= 11 is 0. The number of methoxy groups -OCH3 is 1. The number of carboxylic acid groups (broad SMARTS) is 1. The van der Waals surface area contributed by atoms with E-state index in [0.717, 1.165) is 32.1 Å². The van der Waals surface area contributed by atoms with E-state index in [9.17, 15) is 14.7 Å². The van der Waals surface area contributed by atoms with Gasteiger partial charge in [-0.2, -0.15) is 0 Å². The summed E-state index contributed by atoms with van der Waals surface area (Å²) in [6, 6.07) is 0.312. The minimum Gasteiger partial charge on any atom is -0.481 e. The Hall–Kier alpha value is -1.10. The maximum absolute atomic E-state index is 12.5. The fraction of sp³-hybridized carbons (Fsp3) is 0.867. The van der Waals surface area contributed by atoms with E-state index in [0.29, 0.717) is 32.0 Å². The van der Waals surface area contributed by atoms with Crippen LogP contribution in [0.3, 0.4) is 0 Å². The largest absolute Gasteiger partial charge is 0.481 e. The third-order valence-electron chi connectivity index (χ3n) is 4.60. The van der Waals surface area contributed by atoms with Crippen LogP contribution in [0.2, 0.25) is 0 Å². The normalized spacial score (nSPS) is 21.4. The number of ether oxygens (including phenoxy) is 1. The van der Waals surface area contributed by atoms with E-state index in [2.05, 4.69) is 0 Å². The third-order valence-corrected chi connectivity index (χ3v) is 4.60. The number of aliphatic carboxylic acids is 1. The molecule has 0 atom stereocenters. The van der Waals surface area contributed by atoms with E-state index in [1.165, 1.54) is 0 Å². The van der Waals surface area contributed by atoms with Crippen molar-refractivity contribution in [2.24, 2.45) is 5.41 Å². The van der Waals surface area contributed by atoms with Crippen molar-refractivity contribution in [1.29, 1.82) is 0 Å². The molecule has 1 amide bonds. The fourth-order valence-corrected chi connectivity index (χ4v) is 3.17. The molecule has 2 saturated carbocycles. The van der Waals surface area contributed by atoms with E-state index >= 15 is 0 Å². The topological polar surface area (TPSA) is 66.8 Å². The Labute approximate surface area is 120 Å². The second kappa shape index (κ2) is 6.57. The molecular formula is C15H25NO4. The predicted molar refractivity (Wildman–Crippen MR) is 74.4 cm³/mol. The second-order valence-electron chi connectivity index (χ2n) is 6.13. The first-order chi connectivity index (χ1) is 9.59. The summed E-state index contributed by atoms with van der Waals surface area (Å²) in [6.07, 6.45) is 6.42. The third kappa shape index (κ3) is 3.51. The molecule has 0 bridgehead atoms. The number of nitrogens with zero attached hydrogens (tertiary/aromatic N) is 1. The quantitative estimate of drug-likeness (QED) is 0.776. The highest BCUT2D eigenvalue weighted by atomic mass is 16.5. The van der Waals surface area contributed by atoms with Crippen LogP contribution in [0.5, 0.6) is 0 Å². The molecule has 5 nitrogen and oxygen atoms in total. The lowest BCUT2D eigenvalue weighted by Gasteiger charge is -2.34. The van der Waals surface area contributed by atoms with Gasteiger partial charge in [-0.1, -0.05) is 19.3 Å². The maximum atomic E-state index is 12.5. The number of carbonyl (C=O) groups excluding carboxylic acids is 1. The molecule has 0 radical (unpaired) electrons. The van der Waals surface area contributed by atoms with Crippen molar-refractivity contribution in [2.75, 3.05) is 20.3 Å². The van der Waals surface area contributed by atoms with Gasteiger partial charge < -0.3 is 14.7 Å². The van der Waals surface area contributed by atoms with Gasteiger partial charge in [0.15, 0.2) is 0 Å². The monoisotopic (exact) mass is 283 g/mol. The standard InChI is InChI=1S/C15H25NO4/c1-20-10-9-16(12-5-6-12)13(17)11-15(14(18)19)7-3-2-4-8-15/h12H,2-11H2,1H3,(H,18,19). The van der Waals surface area contributed by atoms with Gasteiger partial charge in [-0.05, 0) is 25.7 Å². The smallest absolute Gasteiger partial charge is 0.310 e. The van der Waals surface area contributed by atoms with E-state index in [4.69, 9.17) is 4.74 Å². The molecule has 2 rings (SSSR count). The predicted octanol–water partition coefficient (Wildman–Crippen LogP) is 2.05. The molecular weight excluding hydrogens is 258 g/mol. The zero-order valence-corrected chi connectivity index (χ0v) is 12.3. The van der Waals surface area contributed by atoms with Crippen LogP contribution in [0.4, 0.5) is 0 Å². The Morgan fingerprint density at radius 3 is 2.40 bits per heavy atom. The van der Waals surface area contributed by atoms with Crippen LogP contribution in [0.25, 0.3) is 0 Å². The SMILES string of the molecule is COCCN(C(=O)CC1(C(=O)O)CCCCC1)C1CC1. The lowest BCUT2D eigenvalue weighted by atomic mass is 9.71. The summed E-state index contributed by atoms with van der Waals surface area (Å²) in [7, 11) is 1.62. The Morgan fingerprint density at radius 1 is 1.25 bits per heavy atom. The zero-order valence-electron chi connectivity index (χ0n) is 12.3. The number of carbonyl (C=O) groups is 2. The van der Waals surface area contributed by atoms with Gasteiger partial charge in [0, 0.05) is 26.1 Å². The van der Waals surface area contributed by atoms with Gasteiger partial charge in [-0.15, -0.1) is 0 Å². The first-order valence-electron chi connectivity index (χ1n) is 7.61. The van der Waals surface area contributed by atoms with E-state index < -0.39 is 11.4 Å². The average molecular weight is 283 g/mol. The highest BCUT2D eigenvalue weighted by molar-refractivity contribution is 5.85. The van der Waals surface area contributed by atoms with E-state index in [1.807, 2.05) is 4.90 Å². The van der Waals surface area contributed by atoms with Gasteiger partial charge in [0.2, 0.25) is 5.91 Å².